The third-order valence-corrected chi connectivity index (χ3v) is 6.10. The van der Waals surface area contributed by atoms with E-state index < -0.39 is 75.1 Å². The first-order chi connectivity index (χ1) is 20.8. The zero-order valence-corrected chi connectivity index (χ0v) is 22.5. The zero-order valence-electron chi connectivity index (χ0n) is 22.5. The molecule has 0 radical (unpaired) electrons. The summed E-state index contributed by atoms with van der Waals surface area (Å²) >= 11 is 0. The predicted molar refractivity (Wildman–Crippen MR) is 141 cm³/mol. The molecule has 0 spiro atoms. The van der Waals surface area contributed by atoms with Gasteiger partial charge >= 0.3 is 6.11 Å². The fourth-order valence-corrected chi connectivity index (χ4v) is 3.95. The number of hydrogen-bond acceptors (Lipinski definition) is 1. The third-order valence-electron chi connectivity index (χ3n) is 6.10. The minimum atomic E-state index is -4.83. The molecule has 0 fully saturated rings. The third kappa shape index (κ3) is 7.35. The van der Waals surface area contributed by atoms with Crippen LogP contribution in [0.5, 0.6) is 5.75 Å². The molecule has 0 heterocycles. The SMILES string of the molecule is CCCCc1ccc(C#Cc2cc(F)c(C#Cc3cc(F)c(C(F)(F)Oc4cc(F)c(F)c(F)c4)c(F)c3)c(F)c2)c(F)c1. The highest BCUT2D eigenvalue weighted by molar-refractivity contribution is 5.50. The average molecular weight is 620 g/mol. The Labute approximate surface area is 245 Å². The highest BCUT2D eigenvalue weighted by Gasteiger charge is 2.41. The summed E-state index contributed by atoms with van der Waals surface area (Å²) in [7, 11) is 0. The van der Waals surface area contributed by atoms with Crippen molar-refractivity contribution in [1.82, 2.24) is 0 Å². The Morgan fingerprint density at radius 2 is 1.16 bits per heavy atom. The first-order valence-corrected chi connectivity index (χ1v) is 12.8. The van der Waals surface area contributed by atoms with Crippen LogP contribution in [0.15, 0.2) is 54.6 Å². The number of ether oxygens (including phenoxy) is 1. The summed E-state index contributed by atoms with van der Waals surface area (Å²) in [4.78, 5) is 0. The summed E-state index contributed by atoms with van der Waals surface area (Å²) in [6.45, 7) is 2.00. The Morgan fingerprint density at radius 3 is 1.70 bits per heavy atom. The van der Waals surface area contributed by atoms with Gasteiger partial charge in [0.2, 0.25) is 0 Å². The molecule has 0 aliphatic rings. The van der Waals surface area contributed by atoms with Crippen molar-refractivity contribution >= 4 is 0 Å². The summed E-state index contributed by atoms with van der Waals surface area (Å²) in [5.74, 6) is -4.85. The Kier molecular flexibility index (Phi) is 9.59. The van der Waals surface area contributed by atoms with Gasteiger partial charge in [0.15, 0.2) is 17.5 Å². The van der Waals surface area contributed by atoms with Gasteiger partial charge in [-0.15, -0.1) is 0 Å². The van der Waals surface area contributed by atoms with Crippen LogP contribution in [0.4, 0.5) is 43.9 Å². The highest BCUT2D eigenvalue weighted by Crippen LogP contribution is 2.36. The molecular formula is C33H18F10O. The van der Waals surface area contributed by atoms with Gasteiger partial charge in [0.05, 0.1) is 11.1 Å². The van der Waals surface area contributed by atoms with Crippen LogP contribution < -0.4 is 4.74 Å². The van der Waals surface area contributed by atoms with E-state index >= 15 is 0 Å². The molecule has 4 aromatic rings. The van der Waals surface area contributed by atoms with Gasteiger partial charge in [-0.25, -0.2) is 35.1 Å². The molecule has 0 aromatic heterocycles. The van der Waals surface area contributed by atoms with Crippen LogP contribution in [-0.4, -0.2) is 0 Å². The van der Waals surface area contributed by atoms with Crippen molar-refractivity contribution in [2.45, 2.75) is 32.3 Å². The number of alkyl halides is 2. The van der Waals surface area contributed by atoms with E-state index in [-0.39, 0.29) is 23.3 Å². The molecule has 44 heavy (non-hydrogen) atoms. The van der Waals surface area contributed by atoms with Gasteiger partial charge in [-0.05, 0) is 54.8 Å². The summed E-state index contributed by atoms with van der Waals surface area (Å²) in [5.41, 5.74) is -2.79. The lowest BCUT2D eigenvalue weighted by Gasteiger charge is -2.19. The first kappa shape index (κ1) is 32.0. The van der Waals surface area contributed by atoms with Gasteiger partial charge in [0.1, 0.15) is 40.4 Å². The minimum Gasteiger partial charge on any atom is -0.429 e. The normalized spacial score (nSPS) is 11.0. The summed E-state index contributed by atoms with van der Waals surface area (Å²) < 4.78 is 145. The summed E-state index contributed by atoms with van der Waals surface area (Å²) in [5, 5.41) is 0. The largest absolute Gasteiger partial charge is 0.432 e. The number of benzene rings is 4. The van der Waals surface area contributed by atoms with Gasteiger partial charge < -0.3 is 4.74 Å². The molecule has 0 aliphatic carbocycles. The Hall–Kier alpha value is -4.90. The van der Waals surface area contributed by atoms with Crippen LogP contribution in [-0.2, 0) is 12.5 Å². The van der Waals surface area contributed by atoms with Crippen LogP contribution in [0.25, 0.3) is 0 Å². The molecule has 0 atom stereocenters. The van der Waals surface area contributed by atoms with Crippen molar-refractivity contribution in [1.29, 1.82) is 0 Å². The molecule has 11 heteroatoms. The van der Waals surface area contributed by atoms with Gasteiger partial charge in [0, 0.05) is 23.3 Å². The maximum atomic E-state index is 14.6. The van der Waals surface area contributed by atoms with Crippen LogP contribution in [0.2, 0.25) is 0 Å². The molecular weight excluding hydrogens is 602 g/mol. The Bertz CT molecular complexity index is 1790. The lowest BCUT2D eigenvalue weighted by Crippen LogP contribution is -2.25. The first-order valence-electron chi connectivity index (χ1n) is 12.8. The van der Waals surface area contributed by atoms with Crippen molar-refractivity contribution in [3.63, 3.8) is 0 Å². The van der Waals surface area contributed by atoms with E-state index in [2.05, 4.69) is 22.5 Å². The molecule has 1 nitrogen and oxygen atoms in total. The van der Waals surface area contributed by atoms with Crippen LogP contribution in [0, 0.1) is 70.2 Å². The number of hydrogen-bond donors (Lipinski definition) is 0. The second-order valence-corrected chi connectivity index (χ2v) is 9.37. The Morgan fingerprint density at radius 1 is 0.614 bits per heavy atom. The van der Waals surface area contributed by atoms with E-state index in [9.17, 15) is 43.9 Å². The molecule has 0 unspecified atom stereocenters. The molecule has 0 aliphatic heterocycles. The fourth-order valence-electron chi connectivity index (χ4n) is 3.95. The number of rotatable bonds is 6. The molecule has 226 valence electrons. The predicted octanol–water partition coefficient (Wildman–Crippen LogP) is 9.07. The van der Waals surface area contributed by atoms with E-state index in [4.69, 9.17) is 0 Å². The molecule has 4 aromatic carbocycles. The molecule has 0 N–H and O–H groups in total. The van der Waals surface area contributed by atoms with Crippen molar-refractivity contribution in [2.24, 2.45) is 0 Å². The molecule has 0 saturated heterocycles. The van der Waals surface area contributed by atoms with Crippen molar-refractivity contribution in [2.75, 3.05) is 0 Å². The van der Waals surface area contributed by atoms with Crippen molar-refractivity contribution in [3.8, 4) is 29.4 Å². The van der Waals surface area contributed by atoms with E-state index in [1.54, 1.807) is 6.07 Å². The van der Waals surface area contributed by atoms with Crippen LogP contribution >= 0.6 is 0 Å². The standard InChI is InChI=1S/C33H18F10O/c1-2-3-4-18-5-8-21(24(34)11-18)9-6-19-12-25(35)23(26(36)13-19)10-7-20-14-27(37)31(28(38)15-20)33(42,43)44-22-16-29(39)32(41)30(40)17-22/h5,8,11-17H,2-4H2,1H3. The number of halogens is 10. The smallest absolute Gasteiger partial charge is 0.429 e. The quantitative estimate of drug-likeness (QED) is 0.119. The maximum absolute atomic E-state index is 14.6. The van der Waals surface area contributed by atoms with E-state index in [1.807, 2.05) is 12.8 Å². The van der Waals surface area contributed by atoms with Gasteiger partial charge in [-0.2, -0.15) is 8.78 Å². The monoisotopic (exact) mass is 620 g/mol. The lowest BCUT2D eigenvalue weighted by molar-refractivity contribution is -0.189. The Balaban J connectivity index is 1.56. The van der Waals surface area contributed by atoms with Gasteiger partial charge in [0.25, 0.3) is 0 Å². The summed E-state index contributed by atoms with van der Waals surface area (Å²) in [6.07, 6.45) is -2.33. The van der Waals surface area contributed by atoms with Crippen molar-refractivity contribution in [3.05, 3.63) is 135 Å². The zero-order chi connectivity index (χ0) is 32.2. The fraction of sp³-hybridized carbons (Fsp3) is 0.152. The second-order valence-electron chi connectivity index (χ2n) is 9.37. The summed E-state index contributed by atoms with van der Waals surface area (Å²) in [6, 6.07) is 6.81. The van der Waals surface area contributed by atoms with E-state index in [0.717, 1.165) is 30.5 Å². The topological polar surface area (TPSA) is 9.23 Å². The molecule has 4 rings (SSSR count). The average Bonchev–Trinajstić information content (AvgIpc) is 2.93. The molecule has 0 amide bonds. The van der Waals surface area contributed by atoms with E-state index in [0.29, 0.717) is 18.6 Å². The number of unbranched alkanes of at least 4 members (excludes halogenated alkanes) is 1. The molecule has 0 bridgehead atoms. The van der Waals surface area contributed by atoms with Crippen LogP contribution in [0.3, 0.4) is 0 Å². The highest BCUT2D eigenvalue weighted by atomic mass is 19.3. The van der Waals surface area contributed by atoms with Crippen molar-refractivity contribution < 1.29 is 48.6 Å². The van der Waals surface area contributed by atoms with Gasteiger partial charge in [-0.3, -0.25) is 0 Å². The van der Waals surface area contributed by atoms with Gasteiger partial charge in [-0.1, -0.05) is 43.1 Å². The maximum Gasteiger partial charge on any atom is 0.432 e. The second kappa shape index (κ2) is 13.2. The van der Waals surface area contributed by atoms with Crippen LogP contribution in [0.1, 0.15) is 53.1 Å². The minimum absolute atomic E-state index is 0.00963. The molecule has 0 saturated carbocycles. The number of aryl methyl sites for hydroxylation is 1. The van der Waals surface area contributed by atoms with E-state index in [1.165, 1.54) is 12.1 Å². The lowest BCUT2D eigenvalue weighted by atomic mass is 10.1.